The van der Waals surface area contributed by atoms with Gasteiger partial charge in [0.2, 0.25) is 11.8 Å². The Morgan fingerprint density at radius 2 is 1.82 bits per heavy atom. The van der Waals surface area contributed by atoms with Crippen LogP contribution in [0.4, 0.5) is 23.7 Å². The van der Waals surface area contributed by atoms with E-state index in [1.807, 2.05) is 12.1 Å². The van der Waals surface area contributed by atoms with Crippen molar-refractivity contribution in [1.29, 1.82) is 5.26 Å². The standard InChI is InChI=1S/C29H34F3N5O2/c1-28(2,3)20-6-8-23(9-7-20)37(27(39)36-14-4-5-24(36)16-33)25(19-15-21(30)18-34-17-19)26(38)35-22-10-12-29(31,32)13-11-22/h6-9,15,17-18,22,24-25H,4-5,10-14H2,1-3H3,(H,35,38)/t24-,25?/m1/s1. The summed E-state index contributed by atoms with van der Waals surface area (Å²) >= 11 is 0. The number of amides is 3. The van der Waals surface area contributed by atoms with Gasteiger partial charge in [-0.25, -0.2) is 18.0 Å². The van der Waals surface area contributed by atoms with E-state index >= 15 is 0 Å². The van der Waals surface area contributed by atoms with E-state index in [-0.39, 0.29) is 36.7 Å². The average Bonchev–Trinajstić information content (AvgIpc) is 3.37. The number of benzene rings is 1. The Balaban J connectivity index is 1.77. The van der Waals surface area contributed by atoms with Gasteiger partial charge in [-0.3, -0.25) is 14.7 Å². The predicted molar refractivity (Wildman–Crippen MR) is 141 cm³/mol. The molecule has 1 N–H and O–H groups in total. The molecular formula is C29H34F3N5O2. The fourth-order valence-corrected chi connectivity index (χ4v) is 5.22. The third kappa shape index (κ3) is 6.52. The minimum absolute atomic E-state index is 0.0870. The van der Waals surface area contributed by atoms with Gasteiger partial charge >= 0.3 is 6.03 Å². The Morgan fingerprint density at radius 1 is 1.15 bits per heavy atom. The second-order valence-electron chi connectivity index (χ2n) is 11.4. The molecule has 2 aliphatic rings. The molecule has 1 saturated carbocycles. The molecule has 4 rings (SSSR count). The number of pyridine rings is 1. The van der Waals surface area contributed by atoms with Crippen molar-refractivity contribution in [2.24, 2.45) is 0 Å². The van der Waals surface area contributed by atoms with Crippen LogP contribution in [0.25, 0.3) is 0 Å². The van der Waals surface area contributed by atoms with Gasteiger partial charge in [-0.15, -0.1) is 0 Å². The van der Waals surface area contributed by atoms with Gasteiger partial charge in [0, 0.05) is 42.9 Å². The molecule has 7 nitrogen and oxygen atoms in total. The Bertz CT molecular complexity index is 1230. The fraction of sp³-hybridized carbons (Fsp3) is 0.517. The van der Waals surface area contributed by atoms with Crippen LogP contribution in [0.3, 0.4) is 0 Å². The summed E-state index contributed by atoms with van der Waals surface area (Å²) in [6, 6.07) is 7.39. The molecule has 1 aromatic heterocycles. The molecule has 39 heavy (non-hydrogen) atoms. The van der Waals surface area contributed by atoms with E-state index in [0.29, 0.717) is 25.1 Å². The van der Waals surface area contributed by atoms with E-state index in [1.54, 1.807) is 12.1 Å². The number of halogens is 3. The molecule has 1 saturated heterocycles. The maximum atomic E-state index is 14.4. The molecule has 1 aliphatic heterocycles. The van der Waals surface area contributed by atoms with Crippen molar-refractivity contribution in [3.05, 3.63) is 59.7 Å². The highest BCUT2D eigenvalue weighted by atomic mass is 19.3. The summed E-state index contributed by atoms with van der Waals surface area (Å²) in [5.74, 6) is -4.08. The molecule has 0 radical (unpaired) electrons. The highest BCUT2D eigenvalue weighted by Crippen LogP contribution is 2.36. The zero-order valence-corrected chi connectivity index (χ0v) is 22.5. The predicted octanol–water partition coefficient (Wildman–Crippen LogP) is 5.87. The lowest BCUT2D eigenvalue weighted by molar-refractivity contribution is -0.124. The van der Waals surface area contributed by atoms with Gasteiger partial charge in [-0.1, -0.05) is 32.9 Å². The number of urea groups is 1. The zero-order chi connectivity index (χ0) is 28.4. The lowest BCUT2D eigenvalue weighted by Gasteiger charge is -2.37. The molecule has 208 valence electrons. The molecule has 2 atom stereocenters. The number of likely N-dealkylation sites (tertiary alicyclic amines) is 1. The van der Waals surface area contributed by atoms with Crippen molar-refractivity contribution < 1.29 is 22.8 Å². The van der Waals surface area contributed by atoms with Crippen molar-refractivity contribution in [3.63, 3.8) is 0 Å². The number of anilines is 1. The van der Waals surface area contributed by atoms with Crippen LogP contribution in [0.15, 0.2) is 42.7 Å². The normalized spacial score (nSPS) is 20.2. The molecule has 1 aliphatic carbocycles. The summed E-state index contributed by atoms with van der Waals surface area (Å²) in [7, 11) is 0. The van der Waals surface area contributed by atoms with Crippen LogP contribution in [0.1, 0.15) is 76.5 Å². The maximum Gasteiger partial charge on any atom is 0.326 e. The van der Waals surface area contributed by atoms with Crippen molar-refractivity contribution in [2.45, 2.75) is 88.8 Å². The van der Waals surface area contributed by atoms with Crippen LogP contribution in [0.2, 0.25) is 0 Å². The third-order valence-electron chi connectivity index (χ3n) is 7.48. The number of aromatic nitrogens is 1. The number of nitriles is 1. The second-order valence-corrected chi connectivity index (χ2v) is 11.4. The SMILES string of the molecule is CC(C)(C)c1ccc(N(C(=O)N2CCC[C@@H]2C#N)C(C(=O)NC2CCC(F)(F)CC2)c2cncc(F)c2)cc1. The van der Waals surface area contributed by atoms with Gasteiger partial charge in [0.05, 0.1) is 12.3 Å². The fourth-order valence-electron chi connectivity index (χ4n) is 5.22. The number of alkyl halides is 2. The molecule has 2 fully saturated rings. The molecule has 10 heteroatoms. The molecule has 0 bridgehead atoms. The summed E-state index contributed by atoms with van der Waals surface area (Å²) in [6.45, 7) is 6.49. The second kappa shape index (κ2) is 11.2. The number of carbonyl (C=O) groups excluding carboxylic acids is 2. The first-order valence-electron chi connectivity index (χ1n) is 13.3. The molecular weight excluding hydrogens is 507 g/mol. The van der Waals surface area contributed by atoms with Crippen LogP contribution in [-0.2, 0) is 10.2 Å². The minimum atomic E-state index is -2.77. The van der Waals surface area contributed by atoms with Gasteiger partial charge < -0.3 is 10.2 Å². The van der Waals surface area contributed by atoms with Gasteiger partial charge in [0.15, 0.2) is 0 Å². The third-order valence-corrected chi connectivity index (χ3v) is 7.48. The van der Waals surface area contributed by atoms with E-state index in [9.17, 15) is 28.0 Å². The summed E-state index contributed by atoms with van der Waals surface area (Å²) in [5, 5.41) is 12.5. The van der Waals surface area contributed by atoms with Crippen LogP contribution in [0, 0.1) is 17.1 Å². The first kappa shape index (κ1) is 28.4. The lowest BCUT2D eigenvalue weighted by atomic mass is 9.87. The van der Waals surface area contributed by atoms with Crippen LogP contribution in [-0.4, -0.2) is 46.4 Å². The van der Waals surface area contributed by atoms with E-state index in [4.69, 9.17) is 0 Å². The summed E-state index contributed by atoms with van der Waals surface area (Å²) in [4.78, 5) is 34.6. The smallest absolute Gasteiger partial charge is 0.326 e. The molecule has 2 heterocycles. The quantitative estimate of drug-likeness (QED) is 0.513. The van der Waals surface area contributed by atoms with Crippen LogP contribution >= 0.6 is 0 Å². The first-order valence-corrected chi connectivity index (χ1v) is 13.3. The maximum absolute atomic E-state index is 14.4. The Morgan fingerprint density at radius 3 is 2.41 bits per heavy atom. The van der Waals surface area contributed by atoms with E-state index in [2.05, 4.69) is 37.1 Å². The number of hydrogen-bond donors (Lipinski definition) is 1. The number of carbonyl (C=O) groups is 2. The summed E-state index contributed by atoms with van der Waals surface area (Å²) < 4.78 is 41.9. The van der Waals surface area contributed by atoms with Gasteiger partial charge in [0.1, 0.15) is 17.9 Å². The number of nitrogens with zero attached hydrogens (tertiary/aromatic N) is 4. The lowest BCUT2D eigenvalue weighted by Crippen LogP contribution is -2.52. The Labute approximate surface area is 227 Å². The Hall–Kier alpha value is -3.61. The molecule has 1 aromatic carbocycles. The average molecular weight is 542 g/mol. The highest BCUT2D eigenvalue weighted by molar-refractivity contribution is 6.01. The van der Waals surface area contributed by atoms with E-state index < -0.39 is 41.8 Å². The van der Waals surface area contributed by atoms with Crippen molar-refractivity contribution in [1.82, 2.24) is 15.2 Å². The first-order chi connectivity index (χ1) is 18.4. The Kier molecular flexibility index (Phi) is 8.19. The molecule has 1 unspecified atom stereocenters. The summed E-state index contributed by atoms with van der Waals surface area (Å²) in [5.41, 5.74) is 1.36. The van der Waals surface area contributed by atoms with Crippen molar-refractivity contribution >= 4 is 17.6 Å². The highest BCUT2D eigenvalue weighted by Gasteiger charge is 2.41. The molecule has 0 spiro atoms. The van der Waals surface area contributed by atoms with Crippen molar-refractivity contribution in [3.8, 4) is 6.07 Å². The van der Waals surface area contributed by atoms with E-state index in [0.717, 1.165) is 17.8 Å². The monoisotopic (exact) mass is 541 g/mol. The molecule has 3 amide bonds. The van der Waals surface area contributed by atoms with Crippen LogP contribution in [0.5, 0.6) is 0 Å². The van der Waals surface area contributed by atoms with Crippen LogP contribution < -0.4 is 10.2 Å². The summed E-state index contributed by atoms with van der Waals surface area (Å²) in [6.07, 6.45) is 2.93. The van der Waals surface area contributed by atoms with Gasteiger partial charge in [0.25, 0.3) is 0 Å². The van der Waals surface area contributed by atoms with Gasteiger partial charge in [-0.05, 0) is 54.9 Å². The van der Waals surface area contributed by atoms with Gasteiger partial charge in [-0.2, -0.15) is 5.26 Å². The number of nitrogens with one attached hydrogen (secondary N) is 1. The topological polar surface area (TPSA) is 89.3 Å². The zero-order valence-electron chi connectivity index (χ0n) is 22.5. The number of hydrogen-bond acceptors (Lipinski definition) is 4. The number of rotatable bonds is 5. The largest absolute Gasteiger partial charge is 0.351 e. The van der Waals surface area contributed by atoms with E-state index in [1.165, 1.54) is 16.0 Å². The van der Waals surface area contributed by atoms with Crippen molar-refractivity contribution in [2.75, 3.05) is 11.4 Å². The molecule has 2 aromatic rings. The minimum Gasteiger partial charge on any atom is -0.351 e.